The summed E-state index contributed by atoms with van der Waals surface area (Å²) < 4.78 is 1.99. The van der Waals surface area contributed by atoms with Gasteiger partial charge < -0.3 is 10.4 Å². The molecular weight excluding hydrogens is 266 g/mol. The lowest BCUT2D eigenvalue weighted by Crippen LogP contribution is -2.34. The zero-order chi connectivity index (χ0) is 15.5. The second-order valence-corrected chi connectivity index (χ2v) is 6.76. The van der Waals surface area contributed by atoms with E-state index in [1.165, 1.54) is 0 Å². The van der Waals surface area contributed by atoms with E-state index in [1.54, 1.807) is 6.20 Å². The fraction of sp³-hybridized carbons (Fsp3) is 0.750. The Morgan fingerprint density at radius 3 is 2.81 bits per heavy atom. The van der Waals surface area contributed by atoms with Crippen molar-refractivity contribution in [2.45, 2.75) is 58.9 Å². The van der Waals surface area contributed by atoms with Gasteiger partial charge in [-0.3, -0.25) is 9.48 Å². The summed E-state index contributed by atoms with van der Waals surface area (Å²) in [4.78, 5) is 12.4. The van der Waals surface area contributed by atoms with Gasteiger partial charge in [0.15, 0.2) is 0 Å². The molecule has 1 amide bonds. The molecule has 0 aromatic carbocycles. The first kappa shape index (κ1) is 16.0. The minimum Gasteiger partial charge on any atom is -0.396 e. The second-order valence-electron chi connectivity index (χ2n) is 6.76. The summed E-state index contributed by atoms with van der Waals surface area (Å²) in [6.45, 7) is 7.79. The van der Waals surface area contributed by atoms with Crippen LogP contribution in [-0.2, 0) is 6.54 Å². The summed E-state index contributed by atoms with van der Waals surface area (Å²) in [5, 5.41) is 16.4. The first-order chi connectivity index (χ1) is 9.98. The monoisotopic (exact) mass is 293 g/mol. The molecule has 118 valence electrons. The van der Waals surface area contributed by atoms with E-state index < -0.39 is 0 Å². The Kier molecular flexibility index (Phi) is 5.04. The van der Waals surface area contributed by atoms with E-state index in [4.69, 9.17) is 5.11 Å². The van der Waals surface area contributed by atoms with Crippen molar-refractivity contribution < 1.29 is 9.90 Å². The molecule has 5 nitrogen and oxygen atoms in total. The molecule has 0 aliphatic heterocycles. The third-order valence-corrected chi connectivity index (χ3v) is 4.04. The van der Waals surface area contributed by atoms with Crippen LogP contribution in [-0.4, -0.2) is 33.9 Å². The van der Waals surface area contributed by atoms with Gasteiger partial charge in [0.2, 0.25) is 0 Å². The number of nitrogens with zero attached hydrogens (tertiary/aromatic N) is 2. The first-order valence-electron chi connectivity index (χ1n) is 7.93. The summed E-state index contributed by atoms with van der Waals surface area (Å²) >= 11 is 0. The zero-order valence-corrected chi connectivity index (χ0v) is 13.4. The van der Waals surface area contributed by atoms with Crippen molar-refractivity contribution in [1.82, 2.24) is 15.1 Å². The Bertz CT molecular complexity index is 490. The smallest absolute Gasteiger partial charge is 0.254 e. The number of hydrogen-bond donors (Lipinski definition) is 2. The van der Waals surface area contributed by atoms with Crippen LogP contribution in [0.4, 0.5) is 0 Å². The largest absolute Gasteiger partial charge is 0.396 e. The number of hydrogen-bond acceptors (Lipinski definition) is 3. The van der Waals surface area contributed by atoms with E-state index in [-0.39, 0.29) is 17.9 Å². The molecule has 0 saturated heterocycles. The predicted octanol–water partition coefficient (Wildman–Crippen LogP) is 2.31. The van der Waals surface area contributed by atoms with Gasteiger partial charge in [-0.25, -0.2) is 0 Å². The third-order valence-electron chi connectivity index (χ3n) is 4.04. The Labute approximate surface area is 126 Å². The molecule has 5 heteroatoms. The van der Waals surface area contributed by atoms with E-state index in [9.17, 15) is 4.79 Å². The summed E-state index contributed by atoms with van der Waals surface area (Å²) in [5.74, 6) is 0.468. The molecule has 0 unspecified atom stereocenters. The number of aryl methyl sites for hydroxylation is 1. The Hall–Kier alpha value is -1.36. The van der Waals surface area contributed by atoms with Crippen LogP contribution < -0.4 is 5.32 Å². The minimum absolute atomic E-state index is 0.0368. The van der Waals surface area contributed by atoms with Gasteiger partial charge in [0.05, 0.1) is 17.5 Å². The average molecular weight is 293 g/mol. The molecule has 0 bridgehead atoms. The lowest BCUT2D eigenvalue weighted by Gasteiger charge is -2.23. The number of amides is 1. The number of aromatic nitrogens is 2. The van der Waals surface area contributed by atoms with Gasteiger partial charge in [-0.15, -0.1) is 0 Å². The maximum absolute atomic E-state index is 12.4. The maximum atomic E-state index is 12.4. The normalized spacial score (nSPS) is 15.2. The molecule has 1 heterocycles. The molecule has 21 heavy (non-hydrogen) atoms. The van der Waals surface area contributed by atoms with E-state index in [0.29, 0.717) is 18.9 Å². The molecule has 1 aliphatic carbocycles. The summed E-state index contributed by atoms with van der Waals surface area (Å²) in [6, 6.07) is 0. The summed E-state index contributed by atoms with van der Waals surface area (Å²) in [5.41, 5.74) is 1.74. The van der Waals surface area contributed by atoms with Crippen molar-refractivity contribution in [3.8, 4) is 0 Å². The lowest BCUT2D eigenvalue weighted by atomic mass is 9.89. The second kappa shape index (κ2) is 6.60. The van der Waals surface area contributed by atoms with Crippen molar-refractivity contribution >= 4 is 5.91 Å². The Morgan fingerprint density at radius 2 is 2.24 bits per heavy atom. The molecule has 1 aromatic heterocycles. The topological polar surface area (TPSA) is 67.2 Å². The van der Waals surface area contributed by atoms with Crippen molar-refractivity contribution in [2.75, 3.05) is 13.2 Å². The first-order valence-corrected chi connectivity index (χ1v) is 7.93. The van der Waals surface area contributed by atoms with Gasteiger partial charge in [-0.2, -0.15) is 5.10 Å². The van der Waals surface area contributed by atoms with Gasteiger partial charge in [0, 0.05) is 25.6 Å². The van der Waals surface area contributed by atoms with Crippen LogP contribution in [0.1, 0.15) is 68.4 Å². The van der Waals surface area contributed by atoms with Crippen molar-refractivity contribution in [3.63, 3.8) is 0 Å². The van der Waals surface area contributed by atoms with Gasteiger partial charge in [0.1, 0.15) is 0 Å². The molecule has 0 atom stereocenters. The highest BCUT2D eigenvalue weighted by molar-refractivity contribution is 5.95. The van der Waals surface area contributed by atoms with Gasteiger partial charge in [-0.1, -0.05) is 20.8 Å². The van der Waals surface area contributed by atoms with E-state index in [0.717, 1.165) is 37.1 Å². The molecule has 2 rings (SSSR count). The van der Waals surface area contributed by atoms with Gasteiger partial charge in [0.25, 0.3) is 5.91 Å². The van der Waals surface area contributed by atoms with E-state index >= 15 is 0 Å². The Morgan fingerprint density at radius 1 is 1.52 bits per heavy atom. The number of rotatable bonds is 8. The molecule has 1 fully saturated rings. The van der Waals surface area contributed by atoms with E-state index in [1.807, 2.05) is 18.5 Å². The van der Waals surface area contributed by atoms with Crippen LogP contribution in [0.2, 0.25) is 0 Å². The lowest BCUT2D eigenvalue weighted by molar-refractivity contribution is 0.0927. The quantitative estimate of drug-likeness (QED) is 0.773. The highest BCUT2D eigenvalue weighted by atomic mass is 16.3. The third kappa shape index (κ3) is 4.06. The number of carbonyl (C=O) groups excluding carboxylic acids is 1. The molecule has 2 N–H and O–H groups in total. The average Bonchev–Trinajstić information content (AvgIpc) is 3.18. The van der Waals surface area contributed by atoms with Crippen molar-refractivity contribution in [3.05, 3.63) is 17.5 Å². The molecule has 1 saturated carbocycles. The fourth-order valence-electron chi connectivity index (χ4n) is 2.55. The zero-order valence-electron chi connectivity index (χ0n) is 13.4. The van der Waals surface area contributed by atoms with Gasteiger partial charge >= 0.3 is 0 Å². The maximum Gasteiger partial charge on any atom is 0.254 e. The van der Waals surface area contributed by atoms with Crippen LogP contribution in [0.25, 0.3) is 0 Å². The molecular formula is C16H27N3O2. The highest BCUT2D eigenvalue weighted by Gasteiger charge is 2.32. The van der Waals surface area contributed by atoms with Gasteiger partial charge in [-0.05, 0) is 31.1 Å². The van der Waals surface area contributed by atoms with Crippen LogP contribution in [0.15, 0.2) is 6.20 Å². The molecule has 0 radical (unpaired) electrons. The van der Waals surface area contributed by atoms with E-state index in [2.05, 4.69) is 17.3 Å². The number of carbonyl (C=O) groups is 1. The summed E-state index contributed by atoms with van der Waals surface area (Å²) in [6.07, 6.45) is 5.72. The molecule has 1 aliphatic rings. The van der Waals surface area contributed by atoms with Crippen LogP contribution >= 0.6 is 0 Å². The SMILES string of the molecule is CCCn1ncc(C(=O)NCC(C)(C)CCO)c1C1CC1. The number of aliphatic hydroxyl groups excluding tert-OH is 1. The molecule has 1 aromatic rings. The fourth-order valence-corrected chi connectivity index (χ4v) is 2.55. The van der Waals surface area contributed by atoms with Crippen LogP contribution in [0.3, 0.4) is 0 Å². The van der Waals surface area contributed by atoms with Crippen molar-refractivity contribution in [1.29, 1.82) is 0 Å². The minimum atomic E-state index is -0.0937. The standard InChI is InChI=1S/C16H27N3O2/c1-4-8-19-14(12-5-6-12)13(10-18-19)15(21)17-11-16(2,3)7-9-20/h10,12,20H,4-9,11H2,1-3H3,(H,17,21). The number of aliphatic hydroxyl groups is 1. The summed E-state index contributed by atoms with van der Waals surface area (Å²) in [7, 11) is 0. The van der Waals surface area contributed by atoms with Crippen LogP contribution in [0, 0.1) is 5.41 Å². The molecule has 0 spiro atoms. The predicted molar refractivity (Wildman–Crippen MR) is 82.3 cm³/mol. The highest BCUT2D eigenvalue weighted by Crippen LogP contribution is 2.41. The number of nitrogens with one attached hydrogen (secondary N) is 1. The van der Waals surface area contributed by atoms with Crippen molar-refractivity contribution in [2.24, 2.45) is 5.41 Å². The Balaban J connectivity index is 2.05. The van der Waals surface area contributed by atoms with Crippen LogP contribution in [0.5, 0.6) is 0 Å².